The number of carbonyl (C=O) groups excluding carboxylic acids is 1. The number of nitrogens with one attached hydrogen (secondary N) is 1. The van der Waals surface area contributed by atoms with E-state index in [1.807, 2.05) is 12.3 Å². The number of amides is 1. The van der Waals surface area contributed by atoms with E-state index in [-0.39, 0.29) is 29.0 Å². The summed E-state index contributed by atoms with van der Waals surface area (Å²) in [5, 5.41) is 4.44. The highest BCUT2D eigenvalue weighted by atomic mass is 32.2. The number of fused-ring (bicyclic) bond motifs is 4. The summed E-state index contributed by atoms with van der Waals surface area (Å²) in [6, 6.07) is 6.86. The van der Waals surface area contributed by atoms with Gasteiger partial charge in [-0.05, 0) is 42.2 Å². The zero-order chi connectivity index (χ0) is 19.9. The Kier molecular flexibility index (Phi) is 5.38. The van der Waals surface area contributed by atoms with E-state index in [0.717, 1.165) is 12.1 Å². The van der Waals surface area contributed by atoms with Crippen LogP contribution in [-0.4, -0.2) is 48.3 Å². The van der Waals surface area contributed by atoms with Gasteiger partial charge in [0.2, 0.25) is 5.91 Å². The van der Waals surface area contributed by atoms with E-state index in [4.69, 9.17) is 0 Å². The minimum Gasteiger partial charge on any atom is -0.321 e. The van der Waals surface area contributed by atoms with Gasteiger partial charge in [-0.25, -0.2) is 8.42 Å². The molecule has 0 aliphatic carbocycles. The standard InChI is InChI=1S/C18H21N3O4S3/c1-26-11-16(22)19-14-4-5-15-13-7-12(9-21(15)18(14)23)8-20(10-13)28(24,25)17-3-2-6-27-17/h2-6,12-13H,7-11H2,1H3,(H,19,22)/t12-,13+/m0/s1. The lowest BCUT2D eigenvalue weighted by atomic mass is 9.84. The summed E-state index contributed by atoms with van der Waals surface area (Å²) >= 11 is 2.62. The van der Waals surface area contributed by atoms with E-state index in [0.29, 0.717) is 29.6 Å². The molecule has 2 aromatic heterocycles. The van der Waals surface area contributed by atoms with Crippen LogP contribution in [0.2, 0.25) is 0 Å². The van der Waals surface area contributed by atoms with Gasteiger partial charge in [0, 0.05) is 31.2 Å². The number of nitrogens with zero attached hydrogens (tertiary/aromatic N) is 2. The number of rotatable bonds is 5. The SMILES string of the molecule is CSCC(=O)Nc1ccc2n(c1=O)C[C@H]1C[C@@H]2CN(S(=O)(=O)c2cccs2)C1. The maximum atomic E-state index is 12.9. The summed E-state index contributed by atoms with van der Waals surface area (Å²) in [6.07, 6.45) is 2.70. The van der Waals surface area contributed by atoms with Gasteiger partial charge in [-0.15, -0.1) is 11.3 Å². The summed E-state index contributed by atoms with van der Waals surface area (Å²) in [7, 11) is -3.50. The third kappa shape index (κ3) is 3.54. The first-order valence-corrected chi connectivity index (χ1v) is 12.7. The molecule has 2 atom stereocenters. The topological polar surface area (TPSA) is 88.5 Å². The molecule has 0 saturated carbocycles. The van der Waals surface area contributed by atoms with Crippen LogP contribution in [0.25, 0.3) is 0 Å². The Bertz CT molecular complexity index is 1050. The fourth-order valence-corrected chi connectivity index (χ4v) is 7.09. The molecule has 0 unspecified atom stereocenters. The summed E-state index contributed by atoms with van der Waals surface area (Å²) in [4.78, 5) is 24.7. The van der Waals surface area contributed by atoms with Gasteiger partial charge in [0.05, 0.1) is 5.75 Å². The predicted molar refractivity (Wildman–Crippen MR) is 112 cm³/mol. The Morgan fingerprint density at radius 3 is 2.82 bits per heavy atom. The molecule has 10 heteroatoms. The number of anilines is 1. The molecule has 1 amide bonds. The average Bonchev–Trinajstić information content (AvgIpc) is 3.20. The molecule has 0 radical (unpaired) electrons. The fraction of sp³-hybridized carbons (Fsp3) is 0.444. The third-order valence-corrected chi connectivity index (χ3v) is 8.97. The van der Waals surface area contributed by atoms with Crippen LogP contribution in [-0.2, 0) is 21.4 Å². The minimum absolute atomic E-state index is 0.0223. The molecule has 1 fully saturated rings. The van der Waals surface area contributed by atoms with E-state index < -0.39 is 10.0 Å². The van der Waals surface area contributed by atoms with Crippen molar-refractivity contribution in [3.8, 4) is 0 Å². The summed E-state index contributed by atoms with van der Waals surface area (Å²) < 4.78 is 29.5. The molecule has 2 aromatic rings. The van der Waals surface area contributed by atoms with Crippen LogP contribution < -0.4 is 10.9 Å². The van der Waals surface area contributed by atoms with Gasteiger partial charge in [0.15, 0.2) is 0 Å². The quantitative estimate of drug-likeness (QED) is 0.770. The normalized spacial score (nSPS) is 21.9. The van der Waals surface area contributed by atoms with Crippen molar-refractivity contribution in [2.24, 2.45) is 5.92 Å². The number of piperidine rings is 1. The lowest BCUT2D eigenvalue weighted by Gasteiger charge is -2.42. The third-order valence-electron chi connectivity index (χ3n) is 5.21. The van der Waals surface area contributed by atoms with E-state index >= 15 is 0 Å². The van der Waals surface area contributed by atoms with Gasteiger partial charge < -0.3 is 9.88 Å². The molecule has 2 aliphatic heterocycles. The number of thiophene rings is 1. The Hall–Kier alpha value is -1.62. The first-order valence-electron chi connectivity index (χ1n) is 8.96. The molecule has 7 nitrogen and oxygen atoms in total. The van der Waals surface area contributed by atoms with Crippen LogP contribution in [0.4, 0.5) is 5.69 Å². The second-order valence-corrected chi connectivity index (χ2v) is 11.1. The first kappa shape index (κ1) is 19.7. The number of carbonyl (C=O) groups is 1. The maximum absolute atomic E-state index is 12.9. The second-order valence-electron chi connectivity index (χ2n) is 7.12. The van der Waals surface area contributed by atoms with Crippen molar-refractivity contribution in [1.29, 1.82) is 0 Å². The van der Waals surface area contributed by atoms with E-state index in [2.05, 4.69) is 5.32 Å². The molecule has 0 aromatic carbocycles. The molecule has 4 heterocycles. The monoisotopic (exact) mass is 439 g/mol. The molecular formula is C18H21N3O4S3. The largest absolute Gasteiger partial charge is 0.321 e. The van der Waals surface area contributed by atoms with Gasteiger partial charge in [0.1, 0.15) is 9.90 Å². The average molecular weight is 440 g/mol. The smallest absolute Gasteiger partial charge is 0.274 e. The van der Waals surface area contributed by atoms with Crippen LogP contribution >= 0.6 is 23.1 Å². The second kappa shape index (κ2) is 7.66. The van der Waals surface area contributed by atoms with Crippen LogP contribution in [0, 0.1) is 5.92 Å². The number of hydrogen-bond donors (Lipinski definition) is 1. The van der Waals surface area contributed by atoms with Gasteiger partial charge in [-0.1, -0.05) is 6.07 Å². The van der Waals surface area contributed by atoms with E-state index in [1.54, 1.807) is 32.5 Å². The summed E-state index contributed by atoms with van der Waals surface area (Å²) in [5.41, 5.74) is 0.914. The molecule has 1 saturated heterocycles. The highest BCUT2D eigenvalue weighted by molar-refractivity contribution is 7.99. The van der Waals surface area contributed by atoms with E-state index in [1.165, 1.54) is 23.1 Å². The molecule has 28 heavy (non-hydrogen) atoms. The van der Waals surface area contributed by atoms with Crippen molar-refractivity contribution in [2.75, 3.05) is 30.4 Å². The summed E-state index contributed by atoms with van der Waals surface area (Å²) in [6.45, 7) is 1.24. The predicted octanol–water partition coefficient (Wildman–Crippen LogP) is 2.02. The van der Waals surface area contributed by atoms with Crippen molar-refractivity contribution in [3.05, 3.63) is 45.7 Å². The number of thioether (sulfide) groups is 1. The van der Waals surface area contributed by atoms with Gasteiger partial charge in [-0.3, -0.25) is 9.59 Å². The highest BCUT2D eigenvalue weighted by Crippen LogP contribution is 2.38. The summed E-state index contributed by atoms with van der Waals surface area (Å²) in [5.74, 6) is 0.151. The zero-order valence-corrected chi connectivity index (χ0v) is 17.8. The van der Waals surface area contributed by atoms with Crippen LogP contribution in [0.15, 0.2) is 38.6 Å². The van der Waals surface area contributed by atoms with Gasteiger partial charge >= 0.3 is 0 Å². The molecule has 1 N–H and O–H groups in total. The molecule has 2 aliphatic rings. The Labute approximate surface area is 171 Å². The Morgan fingerprint density at radius 1 is 1.29 bits per heavy atom. The number of sulfonamides is 1. The van der Waals surface area contributed by atoms with Gasteiger partial charge in [-0.2, -0.15) is 16.1 Å². The maximum Gasteiger partial charge on any atom is 0.274 e. The van der Waals surface area contributed by atoms with Crippen molar-refractivity contribution < 1.29 is 13.2 Å². The van der Waals surface area contributed by atoms with Gasteiger partial charge in [0.25, 0.3) is 15.6 Å². The molecule has 2 bridgehead atoms. The Morgan fingerprint density at radius 2 is 2.11 bits per heavy atom. The van der Waals surface area contributed by atoms with Crippen molar-refractivity contribution in [3.63, 3.8) is 0 Å². The van der Waals surface area contributed by atoms with Crippen molar-refractivity contribution in [2.45, 2.75) is 23.1 Å². The number of aromatic nitrogens is 1. The van der Waals surface area contributed by atoms with Crippen LogP contribution in [0.5, 0.6) is 0 Å². The zero-order valence-electron chi connectivity index (χ0n) is 15.3. The van der Waals surface area contributed by atoms with Crippen molar-refractivity contribution in [1.82, 2.24) is 8.87 Å². The molecule has 4 rings (SSSR count). The molecular weight excluding hydrogens is 418 g/mol. The van der Waals surface area contributed by atoms with Crippen molar-refractivity contribution >= 4 is 44.7 Å². The fourth-order valence-electron chi connectivity index (χ4n) is 4.05. The molecule has 150 valence electrons. The minimum atomic E-state index is -3.50. The molecule has 0 spiro atoms. The van der Waals surface area contributed by atoms with Crippen LogP contribution in [0.1, 0.15) is 18.0 Å². The lowest BCUT2D eigenvalue weighted by molar-refractivity contribution is -0.113. The number of pyridine rings is 1. The Balaban J connectivity index is 1.62. The van der Waals surface area contributed by atoms with Crippen LogP contribution in [0.3, 0.4) is 0 Å². The lowest BCUT2D eigenvalue weighted by Crippen LogP contribution is -2.49. The highest BCUT2D eigenvalue weighted by Gasteiger charge is 2.40. The number of hydrogen-bond acceptors (Lipinski definition) is 6. The first-order chi connectivity index (χ1) is 13.4. The van der Waals surface area contributed by atoms with E-state index in [9.17, 15) is 18.0 Å².